The Hall–Kier alpha value is -2.47. The molecule has 0 aliphatic rings. The first-order valence-electron chi connectivity index (χ1n) is 7.84. The van der Waals surface area contributed by atoms with Gasteiger partial charge in [-0.15, -0.1) is 11.8 Å². The maximum Gasteiger partial charge on any atom is 0.343 e. The lowest BCUT2D eigenvalue weighted by Crippen LogP contribution is -2.22. The van der Waals surface area contributed by atoms with Gasteiger partial charge < -0.3 is 14.8 Å². The van der Waals surface area contributed by atoms with E-state index in [1.165, 1.54) is 12.7 Å². The number of carbonyl (C=O) groups excluding carboxylic acids is 2. The molecule has 2 aromatic carbocycles. The van der Waals surface area contributed by atoms with Crippen LogP contribution >= 0.6 is 11.8 Å². The third kappa shape index (κ3) is 6.51. The van der Waals surface area contributed by atoms with Crippen molar-refractivity contribution in [2.45, 2.75) is 17.9 Å². The summed E-state index contributed by atoms with van der Waals surface area (Å²) in [5, 5.41) is 2.70. The molecule has 0 fully saturated rings. The summed E-state index contributed by atoms with van der Waals surface area (Å²) in [6.07, 6.45) is 0. The lowest BCUT2D eigenvalue weighted by Gasteiger charge is -2.12. The van der Waals surface area contributed by atoms with Gasteiger partial charge in [-0.25, -0.2) is 4.79 Å². The second-order valence-electron chi connectivity index (χ2n) is 5.32. The number of amides is 1. The van der Waals surface area contributed by atoms with E-state index in [0.29, 0.717) is 11.4 Å². The fourth-order valence-electron chi connectivity index (χ4n) is 1.95. The Labute approximate surface area is 151 Å². The minimum absolute atomic E-state index is 0.0517. The summed E-state index contributed by atoms with van der Waals surface area (Å²) < 4.78 is 9.77. The van der Waals surface area contributed by atoms with Crippen LogP contribution in [0.15, 0.2) is 54.6 Å². The zero-order chi connectivity index (χ0) is 18.1. The van der Waals surface area contributed by atoms with E-state index < -0.39 is 5.97 Å². The lowest BCUT2D eigenvalue weighted by molar-refractivity contribution is -0.142. The zero-order valence-electron chi connectivity index (χ0n) is 14.2. The normalized spacial score (nSPS) is 11.4. The Morgan fingerprint density at radius 3 is 2.40 bits per heavy atom. The number of carbonyl (C=O) groups is 2. The topological polar surface area (TPSA) is 64.6 Å². The molecule has 0 spiro atoms. The number of ether oxygens (including phenoxy) is 2. The second kappa shape index (κ2) is 9.74. The van der Waals surface area contributed by atoms with Crippen molar-refractivity contribution >= 4 is 29.3 Å². The van der Waals surface area contributed by atoms with Crippen molar-refractivity contribution in [1.29, 1.82) is 0 Å². The molecular weight excluding hydrogens is 338 g/mol. The molecule has 0 aliphatic heterocycles. The van der Waals surface area contributed by atoms with Gasteiger partial charge >= 0.3 is 5.97 Å². The highest BCUT2D eigenvalue weighted by atomic mass is 32.2. The maximum absolute atomic E-state index is 12.2. The van der Waals surface area contributed by atoms with Gasteiger partial charge in [-0.2, -0.15) is 0 Å². The summed E-state index contributed by atoms with van der Waals surface area (Å²) in [6, 6.07) is 16.9. The van der Waals surface area contributed by atoms with E-state index in [2.05, 4.69) is 10.1 Å². The average Bonchev–Trinajstić information content (AvgIpc) is 2.66. The number of rotatable bonds is 8. The Bertz CT molecular complexity index is 688. The molecule has 0 aromatic heterocycles. The minimum Gasteiger partial charge on any atom is -0.482 e. The predicted octanol–water partition coefficient (Wildman–Crippen LogP) is 3.50. The third-order valence-corrected chi connectivity index (χ3v) is 4.63. The summed E-state index contributed by atoms with van der Waals surface area (Å²) in [5.74, 6) is 0.830. The first-order valence-corrected chi connectivity index (χ1v) is 8.89. The van der Waals surface area contributed by atoms with Gasteiger partial charge in [0.2, 0.25) is 5.91 Å². The Balaban J connectivity index is 1.80. The molecule has 0 radical (unpaired) electrons. The monoisotopic (exact) mass is 359 g/mol. The van der Waals surface area contributed by atoms with Crippen molar-refractivity contribution in [2.24, 2.45) is 0 Å². The molecule has 0 saturated heterocycles. The largest absolute Gasteiger partial charge is 0.482 e. The molecule has 1 unspecified atom stereocenters. The van der Waals surface area contributed by atoms with Crippen LogP contribution in [-0.4, -0.2) is 30.8 Å². The molecule has 6 heteroatoms. The van der Waals surface area contributed by atoms with Gasteiger partial charge in [-0.3, -0.25) is 4.79 Å². The fourth-order valence-corrected chi connectivity index (χ4v) is 2.80. The number of esters is 1. The average molecular weight is 359 g/mol. The van der Waals surface area contributed by atoms with Crippen LogP contribution in [0.4, 0.5) is 5.69 Å². The van der Waals surface area contributed by atoms with Crippen molar-refractivity contribution in [1.82, 2.24) is 0 Å². The van der Waals surface area contributed by atoms with Gasteiger partial charge in [0.05, 0.1) is 12.4 Å². The number of benzene rings is 2. The number of thioether (sulfide) groups is 1. The zero-order valence-corrected chi connectivity index (χ0v) is 15.0. The van der Waals surface area contributed by atoms with E-state index in [4.69, 9.17) is 4.74 Å². The quantitative estimate of drug-likeness (QED) is 0.731. The summed E-state index contributed by atoms with van der Waals surface area (Å²) >= 11 is 1.59. The summed E-state index contributed by atoms with van der Waals surface area (Å²) in [4.78, 5) is 23.3. The number of hydrogen-bond acceptors (Lipinski definition) is 5. The number of anilines is 1. The van der Waals surface area contributed by atoms with Crippen LogP contribution in [0.3, 0.4) is 0 Å². The van der Waals surface area contributed by atoms with Crippen molar-refractivity contribution in [3.05, 3.63) is 60.2 Å². The highest BCUT2D eigenvalue weighted by Crippen LogP contribution is 2.20. The number of methoxy groups -OCH3 is 1. The van der Waals surface area contributed by atoms with Crippen LogP contribution in [-0.2, 0) is 20.1 Å². The van der Waals surface area contributed by atoms with Gasteiger partial charge in [0, 0.05) is 11.4 Å². The highest BCUT2D eigenvalue weighted by molar-refractivity contribution is 7.99. The van der Waals surface area contributed by atoms with Crippen LogP contribution in [0.1, 0.15) is 12.5 Å². The van der Waals surface area contributed by atoms with Crippen LogP contribution in [0, 0.1) is 0 Å². The molecule has 2 aromatic rings. The minimum atomic E-state index is -0.443. The standard InChI is InChI=1S/C19H21NO4S/c1-14(25-13-15-6-4-3-5-7-15)19(22)20-16-8-10-17(11-9-16)24-12-18(21)23-2/h3-11,14H,12-13H2,1-2H3,(H,20,22). The first-order chi connectivity index (χ1) is 12.1. The Kier molecular flexibility index (Phi) is 7.35. The molecule has 1 N–H and O–H groups in total. The molecule has 0 aliphatic carbocycles. The summed E-state index contributed by atoms with van der Waals surface area (Å²) in [7, 11) is 1.31. The molecule has 0 bridgehead atoms. The second-order valence-corrected chi connectivity index (χ2v) is 6.65. The van der Waals surface area contributed by atoms with Crippen molar-refractivity contribution in [3.63, 3.8) is 0 Å². The fraction of sp³-hybridized carbons (Fsp3) is 0.263. The van der Waals surface area contributed by atoms with Gasteiger partial charge in [0.15, 0.2) is 6.61 Å². The van der Waals surface area contributed by atoms with E-state index in [9.17, 15) is 9.59 Å². The van der Waals surface area contributed by atoms with Crippen LogP contribution < -0.4 is 10.1 Å². The number of nitrogens with one attached hydrogen (secondary N) is 1. The van der Waals surface area contributed by atoms with Gasteiger partial charge in [-0.05, 0) is 36.8 Å². The molecule has 0 heterocycles. The Morgan fingerprint density at radius 2 is 1.76 bits per heavy atom. The van der Waals surface area contributed by atoms with E-state index in [-0.39, 0.29) is 17.8 Å². The summed E-state index contributed by atoms with van der Waals surface area (Å²) in [5.41, 5.74) is 1.88. The molecular formula is C19H21NO4S. The number of hydrogen-bond donors (Lipinski definition) is 1. The van der Waals surface area contributed by atoms with Crippen molar-refractivity contribution < 1.29 is 19.1 Å². The van der Waals surface area contributed by atoms with E-state index in [1.807, 2.05) is 37.3 Å². The molecule has 1 atom stereocenters. The van der Waals surface area contributed by atoms with Crippen LogP contribution in [0.25, 0.3) is 0 Å². The van der Waals surface area contributed by atoms with Gasteiger partial charge in [0.25, 0.3) is 0 Å². The molecule has 132 valence electrons. The Morgan fingerprint density at radius 1 is 1.08 bits per heavy atom. The van der Waals surface area contributed by atoms with E-state index in [1.54, 1.807) is 36.0 Å². The molecule has 1 amide bonds. The first kappa shape index (κ1) is 18.9. The van der Waals surface area contributed by atoms with Crippen LogP contribution in [0.5, 0.6) is 5.75 Å². The summed E-state index contributed by atoms with van der Waals surface area (Å²) in [6.45, 7) is 1.74. The maximum atomic E-state index is 12.2. The molecule has 2 rings (SSSR count). The highest BCUT2D eigenvalue weighted by Gasteiger charge is 2.13. The smallest absolute Gasteiger partial charge is 0.343 e. The third-order valence-electron chi connectivity index (χ3n) is 3.42. The van der Waals surface area contributed by atoms with Crippen molar-refractivity contribution in [3.8, 4) is 5.75 Å². The van der Waals surface area contributed by atoms with E-state index in [0.717, 1.165) is 5.75 Å². The lowest BCUT2D eigenvalue weighted by atomic mass is 10.2. The SMILES string of the molecule is COC(=O)COc1ccc(NC(=O)C(C)SCc2ccccc2)cc1. The van der Waals surface area contributed by atoms with Gasteiger partial charge in [0.1, 0.15) is 5.75 Å². The van der Waals surface area contributed by atoms with E-state index >= 15 is 0 Å². The van der Waals surface area contributed by atoms with Gasteiger partial charge in [-0.1, -0.05) is 30.3 Å². The predicted molar refractivity (Wildman–Crippen MR) is 99.8 cm³/mol. The van der Waals surface area contributed by atoms with Crippen LogP contribution in [0.2, 0.25) is 0 Å². The van der Waals surface area contributed by atoms with Crippen molar-refractivity contribution in [2.75, 3.05) is 19.0 Å². The molecule has 0 saturated carbocycles. The molecule has 5 nitrogen and oxygen atoms in total. The molecule has 25 heavy (non-hydrogen) atoms.